The molecule has 0 spiro atoms. The van der Waals surface area contributed by atoms with Crippen LogP contribution in [0.5, 0.6) is 11.5 Å². The van der Waals surface area contributed by atoms with E-state index in [4.69, 9.17) is 14.4 Å². The van der Waals surface area contributed by atoms with Crippen LogP contribution in [0.4, 0.5) is 0 Å². The topological polar surface area (TPSA) is 170 Å². The number of ketones is 1. The van der Waals surface area contributed by atoms with Crippen LogP contribution in [0.15, 0.2) is 65.6 Å². The number of rotatable bonds is 5. The summed E-state index contributed by atoms with van der Waals surface area (Å²) in [5.74, 6) is -0.975. The summed E-state index contributed by atoms with van der Waals surface area (Å²) in [6.45, 7) is 3.16. The van der Waals surface area contributed by atoms with Crippen LogP contribution in [0.3, 0.4) is 0 Å². The molecule has 176 valence electrons. The van der Waals surface area contributed by atoms with E-state index < -0.39 is 21.0 Å². The molecule has 0 aliphatic rings. The van der Waals surface area contributed by atoms with E-state index >= 15 is 0 Å². The van der Waals surface area contributed by atoms with Crippen molar-refractivity contribution in [3.8, 4) is 11.5 Å². The lowest BCUT2D eigenvalue weighted by Crippen LogP contribution is -2.06. The van der Waals surface area contributed by atoms with Crippen molar-refractivity contribution in [2.24, 2.45) is 0 Å². The minimum atomic E-state index is -4.36. The lowest BCUT2D eigenvalue weighted by Gasteiger charge is -2.06. The van der Waals surface area contributed by atoms with E-state index in [-0.39, 0.29) is 28.1 Å². The van der Waals surface area contributed by atoms with Crippen LogP contribution >= 0.6 is 0 Å². The lowest BCUT2D eigenvalue weighted by atomic mass is 10.0. The van der Waals surface area contributed by atoms with Gasteiger partial charge in [-0.3, -0.25) is 9.35 Å². The Balaban J connectivity index is 0.000000323. The van der Waals surface area contributed by atoms with Crippen LogP contribution < -0.4 is 4.74 Å². The Morgan fingerprint density at radius 3 is 2.00 bits per heavy atom. The maximum atomic E-state index is 12.1. The van der Waals surface area contributed by atoms with Gasteiger partial charge in [0, 0.05) is 11.6 Å². The van der Waals surface area contributed by atoms with Crippen LogP contribution in [-0.4, -0.2) is 47.5 Å². The van der Waals surface area contributed by atoms with Crippen molar-refractivity contribution in [3.05, 3.63) is 88.5 Å². The third kappa shape index (κ3) is 6.88. The minimum Gasteiger partial charge on any atom is -0.507 e. The summed E-state index contributed by atoms with van der Waals surface area (Å²) in [6, 6.07) is 15.6. The summed E-state index contributed by atoms with van der Waals surface area (Å²) in [4.78, 5) is 22.4. The number of phenolic OH excluding ortho intramolecular Hbond substituents is 1. The van der Waals surface area contributed by atoms with Gasteiger partial charge in [0.1, 0.15) is 11.5 Å². The number of hydrogen-bond donors (Lipinski definition) is 3. The normalized spacial score (nSPS) is 10.3. The highest BCUT2D eigenvalue weighted by molar-refractivity contribution is 7.85. The number of aromatic carboxylic acids is 1. The molecule has 0 aromatic heterocycles. The first-order valence-electron chi connectivity index (χ1n) is 9.24. The quantitative estimate of drug-likeness (QED) is 0.372. The molecule has 0 bridgehead atoms. The van der Waals surface area contributed by atoms with Crippen molar-refractivity contribution in [1.82, 2.24) is 0 Å². The maximum Gasteiger partial charge on any atom is 0.336 e. The molecule has 0 aliphatic carbocycles. The van der Waals surface area contributed by atoms with Gasteiger partial charge in [0.25, 0.3) is 10.1 Å². The number of aromatic hydroxyl groups is 1. The average molecular weight is 477 g/mol. The zero-order valence-corrected chi connectivity index (χ0v) is 18.9. The molecule has 0 fully saturated rings. The van der Waals surface area contributed by atoms with Gasteiger partial charge in [0.2, 0.25) is 0 Å². The number of methoxy groups -OCH3 is 1. The van der Waals surface area contributed by atoms with Crippen molar-refractivity contribution in [2.75, 3.05) is 7.11 Å². The monoisotopic (exact) mass is 476 g/mol. The van der Waals surface area contributed by atoms with Crippen LogP contribution in [0.25, 0.3) is 0 Å². The predicted octanol–water partition coefficient (Wildman–Crippen LogP) is 3.06. The summed E-state index contributed by atoms with van der Waals surface area (Å²) < 4.78 is 35.4. The van der Waals surface area contributed by atoms with Gasteiger partial charge in [-0.05, 0) is 49.2 Å². The summed E-state index contributed by atoms with van der Waals surface area (Å²) in [6.07, 6.45) is 0. The molecule has 3 rings (SSSR count). The van der Waals surface area contributed by atoms with Crippen molar-refractivity contribution >= 4 is 21.9 Å². The number of carbonyl (C=O) groups excluding carboxylic acids is 1. The number of carboxylic acid groups (broad SMARTS) is 1. The Kier molecular flexibility index (Phi) is 9.29. The van der Waals surface area contributed by atoms with E-state index in [0.29, 0.717) is 22.4 Å². The van der Waals surface area contributed by atoms with Gasteiger partial charge >= 0.3 is 5.97 Å². The molecule has 0 saturated carbocycles. The van der Waals surface area contributed by atoms with E-state index in [1.807, 2.05) is 6.07 Å². The molecule has 3 aromatic rings. The number of ether oxygens (including phenoxy) is 1. The minimum absolute atomic E-state index is 0. The molecule has 3 aromatic carbocycles. The molecular formula is C23H24O9S. The number of carboxylic acids is 1. The maximum absolute atomic E-state index is 12.1. The largest absolute Gasteiger partial charge is 0.507 e. The molecule has 0 unspecified atom stereocenters. The molecular weight excluding hydrogens is 452 g/mol. The second-order valence-corrected chi connectivity index (χ2v) is 8.19. The van der Waals surface area contributed by atoms with Gasteiger partial charge in [-0.1, -0.05) is 30.3 Å². The van der Waals surface area contributed by atoms with Gasteiger partial charge < -0.3 is 20.4 Å². The molecule has 5 N–H and O–H groups in total. The highest BCUT2D eigenvalue weighted by Crippen LogP contribution is 2.25. The van der Waals surface area contributed by atoms with Crippen LogP contribution in [0.1, 0.15) is 37.4 Å². The first-order valence-corrected chi connectivity index (χ1v) is 10.7. The fourth-order valence-corrected chi connectivity index (χ4v) is 3.37. The second kappa shape index (κ2) is 11.2. The molecule has 0 amide bonds. The molecule has 0 aliphatic heterocycles. The van der Waals surface area contributed by atoms with Crippen molar-refractivity contribution in [2.45, 2.75) is 18.7 Å². The van der Waals surface area contributed by atoms with Crippen molar-refractivity contribution in [1.29, 1.82) is 0 Å². The van der Waals surface area contributed by atoms with Crippen LogP contribution in [-0.2, 0) is 10.1 Å². The summed E-state index contributed by atoms with van der Waals surface area (Å²) in [5.41, 5.74) is 1.69. The van der Waals surface area contributed by atoms with Crippen molar-refractivity contribution in [3.63, 3.8) is 0 Å². The molecule has 33 heavy (non-hydrogen) atoms. The Bertz CT molecular complexity index is 1250. The highest BCUT2D eigenvalue weighted by Gasteiger charge is 2.17. The Morgan fingerprint density at radius 2 is 1.52 bits per heavy atom. The lowest BCUT2D eigenvalue weighted by molar-refractivity contribution is 0.0695. The molecule has 0 saturated heterocycles. The third-order valence-corrected chi connectivity index (χ3v) is 5.49. The SMILES string of the molecule is COc1ccc(C(=O)c2ccccc2)c(O)c1.Cc1cc(S(=O)(=O)O)cc(C(=O)O)c1C.O. The fraction of sp³-hybridized carbons (Fsp3) is 0.130. The van der Waals surface area contributed by atoms with Gasteiger partial charge in [0.05, 0.1) is 23.1 Å². The first-order chi connectivity index (χ1) is 15.0. The van der Waals surface area contributed by atoms with E-state index in [0.717, 1.165) is 6.07 Å². The molecule has 0 atom stereocenters. The van der Waals surface area contributed by atoms with Gasteiger partial charge in [0.15, 0.2) is 5.78 Å². The number of phenols is 1. The fourth-order valence-electron chi connectivity index (χ4n) is 2.77. The first kappa shape index (κ1) is 27.3. The van der Waals surface area contributed by atoms with Gasteiger partial charge in [-0.2, -0.15) is 8.42 Å². The number of hydrogen-bond acceptors (Lipinski definition) is 6. The molecule has 0 heterocycles. The summed E-state index contributed by atoms with van der Waals surface area (Å²) >= 11 is 0. The van der Waals surface area contributed by atoms with Crippen LogP contribution in [0, 0.1) is 13.8 Å². The highest BCUT2D eigenvalue weighted by atomic mass is 32.2. The molecule has 0 radical (unpaired) electrons. The Labute approximate surface area is 191 Å². The number of carbonyl (C=O) groups is 2. The van der Waals surface area contributed by atoms with Gasteiger partial charge in [-0.25, -0.2) is 4.79 Å². The van der Waals surface area contributed by atoms with Crippen molar-refractivity contribution < 1.29 is 43.0 Å². The van der Waals surface area contributed by atoms with E-state index in [1.165, 1.54) is 19.2 Å². The average Bonchev–Trinajstić information content (AvgIpc) is 2.75. The number of aryl methyl sites for hydroxylation is 1. The zero-order chi connectivity index (χ0) is 24.1. The number of benzene rings is 3. The smallest absolute Gasteiger partial charge is 0.336 e. The van der Waals surface area contributed by atoms with E-state index in [9.17, 15) is 23.1 Å². The molecule has 9 nitrogen and oxygen atoms in total. The molecule has 10 heteroatoms. The predicted molar refractivity (Wildman–Crippen MR) is 121 cm³/mol. The van der Waals surface area contributed by atoms with E-state index in [2.05, 4.69) is 0 Å². The van der Waals surface area contributed by atoms with Gasteiger partial charge in [-0.15, -0.1) is 0 Å². The standard InChI is InChI=1S/C14H12O3.C9H10O5S.H2O/c1-17-11-7-8-12(13(15)9-11)14(16)10-5-3-2-4-6-10;1-5-3-7(15(12,13)14)4-8(6(5)2)9(10)11;/h2-9,15H,1H3;3-4H,1-2H3,(H,10,11)(H,12,13,14);1H2. The Hall–Kier alpha value is -3.73. The third-order valence-electron chi connectivity index (χ3n) is 4.65. The zero-order valence-electron chi connectivity index (χ0n) is 18.1. The summed E-state index contributed by atoms with van der Waals surface area (Å²) in [5, 5.41) is 18.6. The summed E-state index contributed by atoms with van der Waals surface area (Å²) in [7, 11) is -2.85. The second-order valence-electron chi connectivity index (χ2n) is 6.77. The Morgan fingerprint density at radius 1 is 0.909 bits per heavy atom. The van der Waals surface area contributed by atoms with Crippen LogP contribution in [0.2, 0.25) is 0 Å². The van der Waals surface area contributed by atoms with E-state index in [1.54, 1.807) is 50.2 Å².